The third-order valence-electron chi connectivity index (χ3n) is 3.37. The molecule has 0 amide bonds. The number of benzene rings is 1. The van der Waals surface area contributed by atoms with Crippen LogP contribution in [0.5, 0.6) is 0 Å². The van der Waals surface area contributed by atoms with Crippen LogP contribution in [-0.4, -0.2) is 28.3 Å². The molecule has 1 aromatic carbocycles. The van der Waals surface area contributed by atoms with E-state index in [1.807, 2.05) is 0 Å². The van der Waals surface area contributed by atoms with Crippen molar-refractivity contribution in [2.45, 2.75) is 36.3 Å². The minimum Gasteiger partial charge on any atom is -0.389 e. The smallest absolute Gasteiger partial charge is 0.107 e. The fourth-order valence-electron chi connectivity index (χ4n) is 2.40. The summed E-state index contributed by atoms with van der Waals surface area (Å²) < 4.78 is 0. The van der Waals surface area contributed by atoms with Crippen LogP contribution in [0.3, 0.4) is 0 Å². The van der Waals surface area contributed by atoms with Gasteiger partial charge in [0.05, 0.1) is 0 Å². The SMILES string of the molecule is CCSc1cccc(NCC2CCCCS2)c1C(N)=S. The van der Waals surface area contributed by atoms with Crippen molar-refractivity contribution < 1.29 is 0 Å². The van der Waals surface area contributed by atoms with Crippen molar-refractivity contribution in [3.63, 3.8) is 0 Å². The predicted molar refractivity (Wildman–Crippen MR) is 97.3 cm³/mol. The number of nitrogens with one attached hydrogen (secondary N) is 1. The van der Waals surface area contributed by atoms with Crippen LogP contribution in [0.15, 0.2) is 23.1 Å². The van der Waals surface area contributed by atoms with Gasteiger partial charge < -0.3 is 11.1 Å². The van der Waals surface area contributed by atoms with E-state index in [0.717, 1.165) is 23.5 Å². The first-order valence-electron chi connectivity index (χ1n) is 7.13. The summed E-state index contributed by atoms with van der Waals surface area (Å²) >= 11 is 9.11. The highest BCUT2D eigenvalue weighted by Crippen LogP contribution is 2.30. The summed E-state index contributed by atoms with van der Waals surface area (Å²) in [7, 11) is 0. The Balaban J connectivity index is 2.09. The highest BCUT2D eigenvalue weighted by atomic mass is 32.2. The molecule has 0 radical (unpaired) electrons. The molecule has 1 aliphatic rings. The molecular weight excluding hydrogens is 304 g/mol. The zero-order valence-corrected chi connectivity index (χ0v) is 14.3. The molecule has 0 aromatic heterocycles. The Morgan fingerprint density at radius 3 is 3.00 bits per heavy atom. The lowest BCUT2D eigenvalue weighted by atomic mass is 10.1. The standard InChI is InChI=1S/C15H22N2S3/c1-2-19-13-8-5-7-12(14(13)15(16)18)17-10-11-6-3-4-9-20-11/h5,7-8,11,17H,2-4,6,9-10H2,1H3,(H2,16,18). The summed E-state index contributed by atoms with van der Waals surface area (Å²) in [5, 5.41) is 4.27. The van der Waals surface area contributed by atoms with Crippen LogP contribution >= 0.6 is 35.7 Å². The van der Waals surface area contributed by atoms with E-state index in [2.05, 4.69) is 42.2 Å². The van der Waals surface area contributed by atoms with E-state index in [1.165, 1.54) is 29.9 Å². The molecule has 20 heavy (non-hydrogen) atoms. The van der Waals surface area contributed by atoms with E-state index in [4.69, 9.17) is 18.0 Å². The summed E-state index contributed by atoms with van der Waals surface area (Å²) in [6.45, 7) is 3.15. The van der Waals surface area contributed by atoms with Gasteiger partial charge in [-0.25, -0.2) is 0 Å². The second-order valence-electron chi connectivity index (χ2n) is 4.85. The summed E-state index contributed by atoms with van der Waals surface area (Å²) in [5.74, 6) is 2.32. The Kier molecular flexibility index (Phi) is 6.52. The second-order valence-corrected chi connectivity index (χ2v) is 8.00. The Morgan fingerprint density at radius 2 is 2.35 bits per heavy atom. The minimum atomic E-state index is 0.486. The zero-order valence-electron chi connectivity index (χ0n) is 11.9. The number of hydrogen-bond acceptors (Lipinski definition) is 4. The number of rotatable bonds is 6. The van der Waals surface area contributed by atoms with Gasteiger partial charge in [-0.3, -0.25) is 0 Å². The van der Waals surface area contributed by atoms with Crippen molar-refractivity contribution in [3.05, 3.63) is 23.8 Å². The van der Waals surface area contributed by atoms with E-state index in [-0.39, 0.29) is 0 Å². The molecule has 1 atom stereocenters. The van der Waals surface area contributed by atoms with Crippen LogP contribution in [0, 0.1) is 0 Å². The Labute approximate surface area is 135 Å². The first-order valence-corrected chi connectivity index (χ1v) is 9.57. The fourth-order valence-corrected chi connectivity index (χ4v) is 4.77. The average molecular weight is 327 g/mol. The lowest BCUT2D eigenvalue weighted by Crippen LogP contribution is -2.22. The van der Waals surface area contributed by atoms with Crippen LogP contribution in [0.2, 0.25) is 0 Å². The molecule has 2 rings (SSSR count). The molecular formula is C15H22N2S3. The van der Waals surface area contributed by atoms with E-state index in [9.17, 15) is 0 Å². The minimum absolute atomic E-state index is 0.486. The predicted octanol–water partition coefficient (Wildman–Crippen LogP) is 4.13. The molecule has 1 fully saturated rings. The lowest BCUT2D eigenvalue weighted by Gasteiger charge is -2.23. The van der Waals surface area contributed by atoms with Gasteiger partial charge in [-0.05, 0) is 36.5 Å². The average Bonchev–Trinajstić information content (AvgIpc) is 2.46. The number of thiocarbonyl (C=S) groups is 1. The van der Waals surface area contributed by atoms with Crippen LogP contribution in [-0.2, 0) is 0 Å². The molecule has 0 bridgehead atoms. The van der Waals surface area contributed by atoms with Gasteiger partial charge in [0.15, 0.2) is 0 Å². The first-order chi connectivity index (χ1) is 9.72. The largest absolute Gasteiger partial charge is 0.389 e. The highest BCUT2D eigenvalue weighted by molar-refractivity contribution is 8.00. The van der Waals surface area contributed by atoms with Gasteiger partial charge in [0.25, 0.3) is 0 Å². The number of nitrogens with two attached hydrogens (primary N) is 1. The quantitative estimate of drug-likeness (QED) is 0.607. The van der Waals surface area contributed by atoms with Crippen molar-refractivity contribution in [2.75, 3.05) is 23.4 Å². The fraction of sp³-hybridized carbons (Fsp3) is 0.533. The highest BCUT2D eigenvalue weighted by Gasteiger charge is 2.16. The Hall–Kier alpha value is -0.390. The van der Waals surface area contributed by atoms with Gasteiger partial charge in [0, 0.05) is 27.9 Å². The molecule has 5 heteroatoms. The molecule has 1 unspecified atom stereocenters. The molecule has 0 saturated carbocycles. The van der Waals surface area contributed by atoms with Crippen LogP contribution in [0.25, 0.3) is 0 Å². The molecule has 0 aliphatic carbocycles. The van der Waals surface area contributed by atoms with E-state index in [1.54, 1.807) is 11.8 Å². The Bertz CT molecular complexity index is 456. The Morgan fingerprint density at radius 1 is 1.50 bits per heavy atom. The van der Waals surface area contributed by atoms with Gasteiger partial charge in [0.1, 0.15) is 4.99 Å². The van der Waals surface area contributed by atoms with Crippen molar-refractivity contribution >= 4 is 46.4 Å². The number of hydrogen-bond donors (Lipinski definition) is 2. The van der Waals surface area contributed by atoms with Gasteiger partial charge in [0.2, 0.25) is 0 Å². The summed E-state index contributed by atoms with van der Waals surface area (Å²) in [5.41, 5.74) is 8.02. The third-order valence-corrected chi connectivity index (χ3v) is 5.91. The van der Waals surface area contributed by atoms with Crippen molar-refractivity contribution in [1.82, 2.24) is 0 Å². The molecule has 110 valence electrons. The third kappa shape index (κ3) is 4.30. The lowest BCUT2D eigenvalue weighted by molar-refractivity contribution is 0.677. The molecule has 3 N–H and O–H groups in total. The molecule has 1 heterocycles. The van der Waals surface area contributed by atoms with E-state index in [0.29, 0.717) is 10.2 Å². The van der Waals surface area contributed by atoms with Gasteiger partial charge >= 0.3 is 0 Å². The summed E-state index contributed by atoms with van der Waals surface area (Å²) in [6, 6.07) is 6.26. The van der Waals surface area contributed by atoms with E-state index >= 15 is 0 Å². The molecule has 1 saturated heterocycles. The van der Waals surface area contributed by atoms with Crippen molar-refractivity contribution in [3.8, 4) is 0 Å². The molecule has 1 aliphatic heterocycles. The van der Waals surface area contributed by atoms with Crippen LogP contribution < -0.4 is 11.1 Å². The van der Waals surface area contributed by atoms with Gasteiger partial charge in [-0.15, -0.1) is 11.8 Å². The number of thioether (sulfide) groups is 2. The molecule has 2 nitrogen and oxygen atoms in total. The van der Waals surface area contributed by atoms with Crippen molar-refractivity contribution in [1.29, 1.82) is 0 Å². The summed E-state index contributed by atoms with van der Waals surface area (Å²) in [4.78, 5) is 1.67. The van der Waals surface area contributed by atoms with Crippen LogP contribution in [0.4, 0.5) is 5.69 Å². The topological polar surface area (TPSA) is 38.0 Å². The van der Waals surface area contributed by atoms with Crippen molar-refractivity contribution in [2.24, 2.45) is 5.73 Å². The number of anilines is 1. The van der Waals surface area contributed by atoms with E-state index < -0.39 is 0 Å². The maximum absolute atomic E-state index is 5.93. The monoisotopic (exact) mass is 326 g/mol. The summed E-state index contributed by atoms with van der Waals surface area (Å²) in [6.07, 6.45) is 4.03. The first kappa shape index (κ1) is 16.0. The molecule has 0 spiro atoms. The molecule has 1 aromatic rings. The maximum atomic E-state index is 5.93. The van der Waals surface area contributed by atoms with Crippen LogP contribution in [0.1, 0.15) is 31.7 Å². The van der Waals surface area contributed by atoms with Gasteiger partial charge in [-0.1, -0.05) is 31.6 Å². The second kappa shape index (κ2) is 8.15. The van der Waals surface area contributed by atoms with Gasteiger partial charge in [-0.2, -0.15) is 11.8 Å². The maximum Gasteiger partial charge on any atom is 0.107 e. The normalized spacial score (nSPS) is 18.8. The zero-order chi connectivity index (χ0) is 14.4.